The van der Waals surface area contributed by atoms with Crippen LogP contribution < -0.4 is 5.73 Å². The smallest absolute Gasteiger partial charge is 0.0771 e. The number of isothiocyanates is 1. The van der Waals surface area contributed by atoms with Gasteiger partial charge in [0.2, 0.25) is 0 Å². The zero-order valence-corrected chi connectivity index (χ0v) is 12.8. The molecule has 2 nitrogen and oxygen atoms in total. The van der Waals surface area contributed by atoms with E-state index in [-0.39, 0.29) is 0 Å². The van der Waals surface area contributed by atoms with E-state index in [2.05, 4.69) is 42.3 Å². The first-order valence-electron chi connectivity index (χ1n) is 6.72. The van der Waals surface area contributed by atoms with Crippen molar-refractivity contribution in [2.75, 3.05) is 5.73 Å². The number of aliphatic imine (C=N–C) groups is 1. The first-order chi connectivity index (χ1) is 9.72. The van der Waals surface area contributed by atoms with E-state index in [1.165, 1.54) is 11.1 Å². The first kappa shape index (κ1) is 16.1. The van der Waals surface area contributed by atoms with Gasteiger partial charge in [0.05, 0.1) is 10.8 Å². The van der Waals surface area contributed by atoms with Gasteiger partial charge in [0, 0.05) is 5.69 Å². The Hall–Kier alpha value is -1.96. The van der Waals surface area contributed by atoms with Crippen LogP contribution >= 0.6 is 12.2 Å². The zero-order valence-electron chi connectivity index (χ0n) is 12.0. The third-order valence-corrected chi connectivity index (χ3v) is 3.07. The van der Waals surface area contributed by atoms with Crippen molar-refractivity contribution in [2.24, 2.45) is 4.99 Å². The fourth-order valence-corrected chi connectivity index (χ4v) is 1.92. The van der Waals surface area contributed by atoms with Crippen molar-refractivity contribution in [1.82, 2.24) is 0 Å². The largest absolute Gasteiger partial charge is 0.399 e. The molecular weight excluding hydrogens is 264 g/mol. The lowest BCUT2D eigenvalue weighted by Crippen LogP contribution is -1.90. The number of nitrogens with zero attached hydrogens (tertiary/aromatic N) is 1. The highest BCUT2D eigenvalue weighted by Gasteiger charge is 1.94. The quantitative estimate of drug-likeness (QED) is 0.499. The van der Waals surface area contributed by atoms with Gasteiger partial charge >= 0.3 is 0 Å². The average molecular weight is 284 g/mol. The van der Waals surface area contributed by atoms with Crippen LogP contribution in [0.4, 0.5) is 11.4 Å². The van der Waals surface area contributed by atoms with E-state index < -0.39 is 0 Å². The van der Waals surface area contributed by atoms with E-state index in [1.807, 2.05) is 42.5 Å². The van der Waals surface area contributed by atoms with E-state index in [4.69, 9.17) is 5.73 Å². The van der Waals surface area contributed by atoms with Crippen molar-refractivity contribution < 1.29 is 0 Å². The molecule has 2 rings (SSSR count). The minimum Gasteiger partial charge on any atom is -0.399 e. The van der Waals surface area contributed by atoms with E-state index in [0.717, 1.165) is 24.2 Å². The van der Waals surface area contributed by atoms with Crippen LogP contribution in [0.2, 0.25) is 0 Å². The molecule has 104 valence electrons. The molecule has 2 aromatic carbocycles. The van der Waals surface area contributed by atoms with Crippen molar-refractivity contribution in [3.63, 3.8) is 0 Å². The Bertz CT molecular complexity index is 587. The van der Waals surface area contributed by atoms with Crippen molar-refractivity contribution in [2.45, 2.75) is 26.7 Å². The molecule has 0 amide bonds. The molecule has 0 unspecified atom stereocenters. The third kappa shape index (κ3) is 4.96. The Kier molecular flexibility index (Phi) is 7.26. The monoisotopic (exact) mass is 284 g/mol. The molecule has 0 aliphatic heterocycles. The molecule has 0 aliphatic rings. The Balaban J connectivity index is 0.000000204. The number of anilines is 1. The van der Waals surface area contributed by atoms with Crippen molar-refractivity contribution in [3.8, 4) is 0 Å². The Morgan fingerprint density at radius 2 is 1.50 bits per heavy atom. The SMILES string of the molecule is CCc1ccccc1N.CCc1ccccc1N=C=S. The maximum Gasteiger partial charge on any atom is 0.0771 e. The van der Waals surface area contributed by atoms with Gasteiger partial charge in [-0.2, -0.15) is 4.99 Å². The Labute approximate surface area is 126 Å². The molecule has 3 heteroatoms. The summed E-state index contributed by atoms with van der Waals surface area (Å²) in [6.07, 6.45) is 2.00. The summed E-state index contributed by atoms with van der Waals surface area (Å²) in [6.45, 7) is 4.20. The van der Waals surface area contributed by atoms with Crippen LogP contribution in [0, 0.1) is 0 Å². The summed E-state index contributed by atoms with van der Waals surface area (Å²) in [5, 5.41) is 2.37. The molecule has 2 N–H and O–H groups in total. The maximum absolute atomic E-state index is 5.63. The molecule has 0 spiro atoms. The predicted molar refractivity (Wildman–Crippen MR) is 90.7 cm³/mol. The van der Waals surface area contributed by atoms with Gasteiger partial charge in [-0.05, 0) is 48.3 Å². The molecule has 0 aromatic heterocycles. The third-order valence-electron chi connectivity index (χ3n) is 2.97. The number of aryl methyl sites for hydroxylation is 2. The van der Waals surface area contributed by atoms with Gasteiger partial charge in [-0.15, -0.1) is 0 Å². The maximum atomic E-state index is 5.63. The number of nitrogens with two attached hydrogens (primary N) is 1. The van der Waals surface area contributed by atoms with Gasteiger partial charge in [0.1, 0.15) is 0 Å². The summed E-state index contributed by atoms with van der Waals surface area (Å²) in [4.78, 5) is 3.94. The summed E-state index contributed by atoms with van der Waals surface area (Å²) in [6, 6.07) is 15.9. The molecule has 2 aromatic rings. The molecule has 0 saturated carbocycles. The van der Waals surface area contributed by atoms with E-state index >= 15 is 0 Å². The lowest BCUT2D eigenvalue weighted by atomic mass is 10.1. The van der Waals surface area contributed by atoms with Crippen molar-refractivity contribution in [3.05, 3.63) is 59.7 Å². The molecule has 0 bridgehead atoms. The number of thiocarbonyl (C=S) groups is 1. The minimum absolute atomic E-state index is 0.903. The summed E-state index contributed by atoms with van der Waals surface area (Å²) >= 11 is 4.52. The highest BCUT2D eigenvalue weighted by Crippen LogP contribution is 2.17. The summed E-state index contributed by atoms with van der Waals surface area (Å²) in [5.74, 6) is 0. The predicted octanol–water partition coefficient (Wildman–Crippen LogP) is 4.81. The van der Waals surface area contributed by atoms with Gasteiger partial charge in [-0.1, -0.05) is 50.2 Å². The first-order valence-corrected chi connectivity index (χ1v) is 7.12. The van der Waals surface area contributed by atoms with E-state index in [9.17, 15) is 0 Å². The summed E-state index contributed by atoms with van der Waals surface area (Å²) in [5.41, 5.74) is 9.92. The number of benzene rings is 2. The molecule has 20 heavy (non-hydrogen) atoms. The second-order valence-corrected chi connectivity index (χ2v) is 4.42. The lowest BCUT2D eigenvalue weighted by molar-refractivity contribution is 1.13. The van der Waals surface area contributed by atoms with E-state index in [0.29, 0.717) is 0 Å². The second-order valence-electron chi connectivity index (χ2n) is 4.24. The van der Waals surface area contributed by atoms with Crippen LogP contribution in [0.3, 0.4) is 0 Å². The fraction of sp³-hybridized carbons (Fsp3) is 0.235. The molecular formula is C17H20N2S. The van der Waals surface area contributed by atoms with Gasteiger partial charge in [-0.3, -0.25) is 0 Å². The molecule has 0 fully saturated rings. The van der Waals surface area contributed by atoms with Crippen LogP contribution in [0.1, 0.15) is 25.0 Å². The normalized spacial score (nSPS) is 9.10. The highest BCUT2D eigenvalue weighted by molar-refractivity contribution is 7.78. The number of para-hydroxylation sites is 2. The Morgan fingerprint density at radius 3 is 2.00 bits per heavy atom. The van der Waals surface area contributed by atoms with Gasteiger partial charge in [-0.25, -0.2) is 0 Å². The van der Waals surface area contributed by atoms with Crippen LogP contribution in [-0.2, 0) is 12.8 Å². The number of nitrogen functional groups attached to an aromatic ring is 1. The highest BCUT2D eigenvalue weighted by atomic mass is 32.1. The molecule has 0 aliphatic carbocycles. The average Bonchev–Trinajstić information content (AvgIpc) is 2.49. The molecule has 0 saturated heterocycles. The zero-order chi connectivity index (χ0) is 14.8. The van der Waals surface area contributed by atoms with Crippen LogP contribution in [0.15, 0.2) is 53.5 Å². The van der Waals surface area contributed by atoms with Crippen molar-refractivity contribution in [1.29, 1.82) is 0 Å². The van der Waals surface area contributed by atoms with Crippen molar-refractivity contribution >= 4 is 28.8 Å². The van der Waals surface area contributed by atoms with Gasteiger partial charge in [0.25, 0.3) is 0 Å². The number of rotatable bonds is 3. The standard InChI is InChI=1S/C9H9NS.C8H11N/c1-2-8-5-3-4-6-9(8)10-7-11;1-2-7-5-3-4-6-8(7)9/h3-6H,2H2,1H3;3-6H,2,9H2,1H3. The minimum atomic E-state index is 0.903. The molecule has 0 atom stereocenters. The fourth-order valence-electron chi connectivity index (χ4n) is 1.82. The van der Waals surface area contributed by atoms with Gasteiger partial charge < -0.3 is 5.73 Å². The Morgan fingerprint density at radius 1 is 0.950 bits per heavy atom. The molecule has 0 heterocycles. The van der Waals surface area contributed by atoms with Crippen LogP contribution in [-0.4, -0.2) is 5.16 Å². The lowest BCUT2D eigenvalue weighted by Gasteiger charge is -1.98. The second kappa shape index (κ2) is 9.03. The topological polar surface area (TPSA) is 38.4 Å². The summed E-state index contributed by atoms with van der Waals surface area (Å²) < 4.78 is 0. The van der Waals surface area contributed by atoms with Crippen LogP contribution in [0.25, 0.3) is 0 Å². The number of hydrogen-bond acceptors (Lipinski definition) is 3. The van der Waals surface area contributed by atoms with Gasteiger partial charge in [0.15, 0.2) is 0 Å². The summed E-state index contributed by atoms with van der Waals surface area (Å²) in [7, 11) is 0. The number of hydrogen-bond donors (Lipinski definition) is 1. The van der Waals surface area contributed by atoms with Crippen LogP contribution in [0.5, 0.6) is 0 Å². The molecule has 0 radical (unpaired) electrons. The van der Waals surface area contributed by atoms with E-state index in [1.54, 1.807) is 0 Å².